The molecule has 0 aromatic heterocycles. The molecule has 2 aliphatic heterocycles. The number of thioether (sulfide) groups is 1. The maximum atomic E-state index is 14.9. The van der Waals surface area contributed by atoms with Crippen molar-refractivity contribution in [2.24, 2.45) is 99.5 Å². The second kappa shape index (κ2) is 63.9. The first kappa shape index (κ1) is 124. The topological polar surface area (TPSA) is 697 Å². The van der Waals surface area contributed by atoms with Crippen LogP contribution in [0.2, 0.25) is 0 Å². The number of anilines is 1. The number of aliphatic hydroxyl groups is 1. The van der Waals surface area contributed by atoms with E-state index in [0.717, 1.165) is 33.5 Å². The molecule has 44 heteroatoms. The number of urea groups is 1. The molecule has 2 unspecified atom stereocenters. The number of ether oxygens (including phenoxy) is 2. The number of likely N-dealkylation sites (tertiary alicyclic amines) is 2. The van der Waals surface area contributed by atoms with E-state index in [-0.39, 0.29) is 194 Å². The molecule has 2 saturated heterocycles. The van der Waals surface area contributed by atoms with Gasteiger partial charge in [-0.3, -0.25) is 98.6 Å². The molecule has 0 aliphatic carbocycles. The van der Waals surface area contributed by atoms with Gasteiger partial charge < -0.3 is 112 Å². The highest BCUT2D eigenvalue weighted by atomic mass is 32.2. The van der Waals surface area contributed by atoms with E-state index < -0.39 is 197 Å². The summed E-state index contributed by atoms with van der Waals surface area (Å²) in [5.74, 6) is -14.6. The third-order valence-corrected chi connectivity index (χ3v) is 28.4. The lowest BCUT2D eigenvalue weighted by atomic mass is 9.81. The molecule has 2 aliphatic rings. The average Bonchev–Trinajstić information content (AvgIpc) is 1.63. The summed E-state index contributed by atoms with van der Waals surface area (Å²) in [6, 6.07) is 8.35. The summed E-state index contributed by atoms with van der Waals surface area (Å²) in [5, 5.41) is 67.7. The Kier molecular flexibility index (Phi) is 55.1. The zero-order chi connectivity index (χ0) is 108. The molecule has 27 N–H and O–H groups in total. The highest BCUT2D eigenvalue weighted by Crippen LogP contribution is 2.36. The second-order valence-corrected chi connectivity index (χ2v) is 40.7. The molecule has 0 saturated carbocycles. The number of carbonyl (C=O) groups excluding carboxylic acids is 16. The highest BCUT2D eigenvalue weighted by molar-refractivity contribution is 8.00. The minimum Gasteiger partial charge on any atom is -0.445 e. The third kappa shape index (κ3) is 42.7. The van der Waals surface area contributed by atoms with Gasteiger partial charge in [0.2, 0.25) is 59.1 Å². The number of nitrogens with zero attached hydrogens (tertiary/aromatic N) is 4. The highest BCUT2D eigenvalue weighted by Gasteiger charge is 2.45. The van der Waals surface area contributed by atoms with Crippen LogP contribution in [0.15, 0.2) is 54.6 Å². The van der Waals surface area contributed by atoms with E-state index in [0.29, 0.717) is 62.9 Å². The van der Waals surface area contributed by atoms with Crippen molar-refractivity contribution < 1.29 is 91.3 Å². The maximum absolute atomic E-state index is 14.9. The Morgan fingerprint density at radius 2 is 1.06 bits per heavy atom. The van der Waals surface area contributed by atoms with Crippen LogP contribution in [0.3, 0.4) is 0 Å². The number of nitrogens with one attached hydrogen (secondary N) is 14. The number of primary amides is 2. The number of rotatable bonds is 69. The number of Topliss-reactive ketones (excluding diaryl/α,β-unsaturated/α-hetero) is 4. The normalized spacial score (nSPS) is 16.9. The largest absolute Gasteiger partial charge is 0.445 e. The van der Waals surface area contributed by atoms with Crippen molar-refractivity contribution in [3.05, 3.63) is 65.7 Å². The number of nitrogens with two attached hydrogens (primary N) is 6. The molecule has 0 radical (unpaired) electrons. The van der Waals surface area contributed by atoms with Crippen molar-refractivity contribution in [2.45, 2.75) is 297 Å². The lowest BCUT2D eigenvalue weighted by Gasteiger charge is -2.41. The van der Waals surface area contributed by atoms with Crippen molar-refractivity contribution in [3.8, 4) is 0 Å². The first-order valence-corrected chi connectivity index (χ1v) is 51.5. The number of unbranched alkanes of at least 4 members (excludes halogenated alkanes) is 2. The van der Waals surface area contributed by atoms with Gasteiger partial charge in [-0.05, 0) is 149 Å². The number of amides is 13. The number of aliphatic hydroxyl groups excluding tert-OH is 1. The molecule has 2 aromatic rings. The summed E-state index contributed by atoms with van der Waals surface area (Å²) in [6.07, 6.45) is 1.13. The summed E-state index contributed by atoms with van der Waals surface area (Å²) < 4.78 is 11.9. The Labute approximate surface area is 852 Å². The maximum Gasteiger partial charge on any atom is 0.410 e. The number of hydrogen-bond acceptors (Lipinski definition) is 24. The Morgan fingerprint density at radius 1 is 0.542 bits per heavy atom. The van der Waals surface area contributed by atoms with Crippen LogP contribution in [0.4, 0.5) is 15.3 Å². The van der Waals surface area contributed by atoms with Gasteiger partial charge in [-0.15, -0.1) is 11.8 Å². The molecule has 0 bridgehead atoms. The molecule has 18 atom stereocenters. The van der Waals surface area contributed by atoms with Crippen molar-refractivity contribution >= 4 is 136 Å². The fourth-order valence-electron chi connectivity index (χ4n) is 18.1. The minimum atomic E-state index is -1.29. The van der Waals surface area contributed by atoms with Gasteiger partial charge in [0, 0.05) is 147 Å². The predicted octanol–water partition coefficient (Wildman–Crippen LogP) is 5.11. The van der Waals surface area contributed by atoms with E-state index in [9.17, 15) is 81.8 Å². The summed E-state index contributed by atoms with van der Waals surface area (Å²) in [4.78, 5) is 228. The van der Waals surface area contributed by atoms with Crippen molar-refractivity contribution in [1.82, 2.24) is 67.5 Å². The molecule has 2 fully saturated rings. The SMILES string of the molecule is CC[C@H](C)C([C@@H](CC(=O)N1CCC[C@H]1[C@H](C)[C@@H](C)C(=O)C[C@H](C)[C@@H](O)c1ccccc1)OC)N(C)C(=O)[C@@H](NC(=O)[C@H](C(C)C)N(C)C(=O)OCc1ccc(NC(=O)[C@H](CCCNC(N)=O)CC(=O)[C@@H](NC(=O)CCCCCN2C(=O)CC(SC[C@@H](CC(=O)[C@@H](CCCNC(=N)N)NC(=O)[C@@H](CCCNC(=N)N)CC(=O)[C@@H](CCCNC(=N)N)NC(=O)[C@H](C)CCCNC(=N)N)C(N)=O)C2=O)C(C)C)cc1)C(C)C. The van der Waals surface area contributed by atoms with E-state index in [1.54, 1.807) is 84.7 Å². The first-order chi connectivity index (χ1) is 67.9. The zero-order valence-electron chi connectivity index (χ0n) is 86.9. The zero-order valence-corrected chi connectivity index (χ0v) is 87.7. The Bertz CT molecular complexity index is 4590. The van der Waals surface area contributed by atoms with E-state index in [4.69, 9.17) is 65.5 Å². The van der Waals surface area contributed by atoms with Crippen LogP contribution in [-0.4, -0.2) is 269 Å². The number of methoxy groups -OCH3 is 1. The van der Waals surface area contributed by atoms with Crippen LogP contribution >= 0.6 is 11.8 Å². The van der Waals surface area contributed by atoms with E-state index in [1.165, 1.54) is 14.2 Å². The molecular weight excluding hydrogens is 1870 g/mol. The Morgan fingerprint density at radius 3 is 1.58 bits per heavy atom. The number of guanidine groups is 4. The fraction of sp³-hybridized carbons (Fsp3) is 0.680. The van der Waals surface area contributed by atoms with Crippen LogP contribution in [0, 0.1) is 86.7 Å². The Hall–Kier alpha value is -12.1. The molecule has 2 heterocycles. The smallest absolute Gasteiger partial charge is 0.410 e. The van der Waals surface area contributed by atoms with Gasteiger partial charge in [-0.1, -0.05) is 138 Å². The molecule has 2 aromatic carbocycles. The van der Waals surface area contributed by atoms with Crippen molar-refractivity contribution in [3.63, 3.8) is 0 Å². The van der Waals surface area contributed by atoms with E-state index >= 15 is 0 Å². The van der Waals surface area contributed by atoms with Gasteiger partial charge in [-0.2, -0.15) is 0 Å². The number of hydrogen-bond donors (Lipinski definition) is 21. The van der Waals surface area contributed by atoms with Crippen molar-refractivity contribution in [1.29, 1.82) is 21.6 Å². The lowest BCUT2D eigenvalue weighted by Crippen LogP contribution is -2.60. The summed E-state index contributed by atoms with van der Waals surface area (Å²) in [7, 11) is 4.57. The van der Waals surface area contributed by atoms with Crippen LogP contribution in [0.1, 0.15) is 248 Å². The standard InChI is InChI=1S/C100H166N24O19S/c1-16-60(8)86(78(142-15)53-81(130)123-48-28-36-73(123)63(11)64(12)74(125)49-62(10)87(132)66-30-19-17-20-31-66)121(13)94(139)84(58(4)5)120-92(137)85(59(6)7)122(14)100(141)143-55-65-38-40-70(41-39-65)116-90(135)68(33-25-46-115-99(110)140)51-77(128)83(57(2)3)119-80(129)37-21-18-22-47-124-82(131)54-79(93(124)138)144-56-69(88(101)133)52-76(127)72(35-27-45-114-98(108)109)118-91(136)67(32-24-43-112-96(104)105)50-75(126)71(34-26-44-113-97(106)107)117-89(134)61(9)29-23-42-111-95(102)103/h17,19-20,30-31,38-41,57-64,67-69,71-73,78-79,83-87,132H,16,18,21-29,32-37,42-56H2,1-15H3,(H2,101,133)(H,116,135)(H,117,134)(H,118,136)(H,119,129)(H,120,137)(H4,102,103,111)(H4,104,105,112)(H4,106,107,113)(H4,108,109,114)(H3,110,115,140)/t60-,61+,62-,63+,64+,67-,68+,69+,71+,72+,73-,78+,79?,83-,84-,85-,86?,87+/m0/s1. The van der Waals surface area contributed by atoms with Crippen LogP contribution in [0.5, 0.6) is 0 Å². The second-order valence-electron chi connectivity index (χ2n) is 39.4. The molecule has 43 nitrogen and oxygen atoms in total. The molecular formula is C100H166N24O19S. The fourth-order valence-corrected chi connectivity index (χ4v) is 19.4. The van der Waals surface area contributed by atoms with Gasteiger partial charge in [0.05, 0.1) is 54.0 Å². The van der Waals surface area contributed by atoms with Crippen LogP contribution in [-0.2, 0) is 83.2 Å². The lowest BCUT2D eigenvalue weighted by molar-refractivity contribution is -0.146. The number of ketones is 4. The van der Waals surface area contributed by atoms with Crippen LogP contribution in [0.25, 0.3) is 0 Å². The van der Waals surface area contributed by atoms with Gasteiger partial charge in [-0.25, -0.2) is 9.59 Å². The van der Waals surface area contributed by atoms with Crippen LogP contribution < -0.4 is 87.6 Å². The number of benzene rings is 2. The Balaban J connectivity index is 1.36. The monoisotopic (exact) mass is 2040 g/mol. The summed E-state index contributed by atoms with van der Waals surface area (Å²) >= 11 is 0.961. The van der Waals surface area contributed by atoms with Gasteiger partial charge in [0.1, 0.15) is 24.5 Å². The number of likely N-dealkylation sites (N-methyl/N-ethyl adjacent to an activating group) is 2. The number of carbonyl (C=O) groups is 16. The minimum absolute atomic E-state index is 0.00722. The molecule has 4 rings (SSSR count). The summed E-state index contributed by atoms with van der Waals surface area (Å²) in [5.41, 5.74) is 34.7. The van der Waals surface area contributed by atoms with Gasteiger partial charge in [0.25, 0.3) is 0 Å². The van der Waals surface area contributed by atoms with E-state index in [2.05, 4.69) is 53.2 Å². The average molecular weight is 2040 g/mol. The third-order valence-electron chi connectivity index (χ3n) is 27.1. The molecule has 0 spiro atoms. The van der Waals surface area contributed by atoms with E-state index in [1.807, 2.05) is 69.9 Å². The quantitative estimate of drug-likeness (QED) is 0.0177. The van der Waals surface area contributed by atoms with Crippen molar-refractivity contribution in [2.75, 3.05) is 78.1 Å². The van der Waals surface area contributed by atoms with Gasteiger partial charge in [0.15, 0.2) is 41.2 Å². The number of imide groups is 1. The predicted molar refractivity (Wildman–Crippen MR) is 551 cm³/mol. The molecule has 806 valence electrons. The summed E-state index contributed by atoms with van der Waals surface area (Å²) in [6.45, 7) is 23.0. The van der Waals surface area contributed by atoms with Gasteiger partial charge >= 0.3 is 12.1 Å². The molecule has 13 amide bonds. The first-order valence-electron chi connectivity index (χ1n) is 50.5. The molecule has 144 heavy (non-hydrogen) atoms.